The summed E-state index contributed by atoms with van der Waals surface area (Å²) in [5.74, 6) is 1.01. The number of para-hydroxylation sites is 2. The molecule has 6 nitrogen and oxygen atoms in total. The van der Waals surface area contributed by atoms with E-state index in [4.69, 9.17) is 14.7 Å². The van der Waals surface area contributed by atoms with Crippen LogP contribution in [-0.4, -0.2) is 52.8 Å². The van der Waals surface area contributed by atoms with Gasteiger partial charge >= 0.3 is 0 Å². The summed E-state index contributed by atoms with van der Waals surface area (Å²) in [4.78, 5) is 24.8. The lowest BCUT2D eigenvalue weighted by atomic mass is 10.0. The number of nitrogens with zero attached hydrogens (tertiary/aromatic N) is 3. The number of carbonyl (C=O) groups is 1. The number of hydrogen-bond donors (Lipinski definition) is 1. The van der Waals surface area contributed by atoms with E-state index >= 15 is 0 Å². The van der Waals surface area contributed by atoms with Crippen molar-refractivity contribution < 1.29 is 9.53 Å². The zero-order chi connectivity index (χ0) is 23.9. The van der Waals surface area contributed by atoms with Crippen LogP contribution in [-0.2, 0) is 22.5 Å². The van der Waals surface area contributed by atoms with Crippen LogP contribution in [0.3, 0.4) is 0 Å². The molecule has 0 spiro atoms. The number of thioether (sulfide) groups is 1. The van der Waals surface area contributed by atoms with Crippen LogP contribution in [0.2, 0.25) is 0 Å². The molecule has 1 fully saturated rings. The number of hydrogen-bond acceptors (Lipinski definition) is 6. The zero-order valence-corrected chi connectivity index (χ0v) is 20.3. The summed E-state index contributed by atoms with van der Waals surface area (Å²) in [6.07, 6.45) is 0.770. The van der Waals surface area contributed by atoms with Gasteiger partial charge in [0.2, 0.25) is 5.91 Å². The van der Waals surface area contributed by atoms with E-state index in [1.165, 1.54) is 17.3 Å². The van der Waals surface area contributed by atoms with Gasteiger partial charge in [0.1, 0.15) is 10.9 Å². The van der Waals surface area contributed by atoms with Crippen LogP contribution >= 0.6 is 11.8 Å². The molecule has 3 aromatic carbocycles. The van der Waals surface area contributed by atoms with E-state index in [1.54, 1.807) is 0 Å². The van der Waals surface area contributed by atoms with E-state index < -0.39 is 0 Å². The molecule has 0 aliphatic carbocycles. The van der Waals surface area contributed by atoms with E-state index in [-0.39, 0.29) is 11.7 Å². The van der Waals surface area contributed by atoms with Gasteiger partial charge in [0.05, 0.1) is 31.0 Å². The molecule has 2 heterocycles. The van der Waals surface area contributed by atoms with Crippen molar-refractivity contribution in [3.8, 4) is 0 Å². The van der Waals surface area contributed by atoms with Gasteiger partial charge in [-0.1, -0.05) is 78.5 Å². The van der Waals surface area contributed by atoms with Crippen LogP contribution in [0.25, 0.3) is 10.9 Å². The first-order valence-corrected chi connectivity index (χ1v) is 12.8. The number of morpholine rings is 1. The summed E-state index contributed by atoms with van der Waals surface area (Å²) in [6.45, 7) is 3.91. The number of benzene rings is 3. The predicted octanol–water partition coefficient (Wildman–Crippen LogP) is 4.78. The number of aromatic nitrogens is 2. The van der Waals surface area contributed by atoms with Gasteiger partial charge in [-0.25, -0.2) is 9.97 Å². The topological polar surface area (TPSA) is 67.4 Å². The third-order valence-corrected chi connectivity index (χ3v) is 6.94. The van der Waals surface area contributed by atoms with E-state index in [0.717, 1.165) is 65.7 Å². The Bertz CT molecular complexity index is 1290. The fourth-order valence-electron chi connectivity index (χ4n) is 4.17. The maximum Gasteiger partial charge on any atom is 0.234 e. The van der Waals surface area contributed by atoms with Crippen molar-refractivity contribution in [1.82, 2.24) is 14.9 Å². The van der Waals surface area contributed by atoms with Crippen molar-refractivity contribution in [3.05, 3.63) is 95.8 Å². The lowest BCUT2D eigenvalue weighted by Gasteiger charge is -2.25. The zero-order valence-electron chi connectivity index (χ0n) is 19.5. The molecule has 35 heavy (non-hydrogen) atoms. The molecule has 5 rings (SSSR count). The second-order valence-corrected chi connectivity index (χ2v) is 9.47. The first-order valence-electron chi connectivity index (χ1n) is 11.8. The van der Waals surface area contributed by atoms with Crippen LogP contribution in [0.1, 0.15) is 17.0 Å². The molecule has 1 aliphatic heterocycles. The van der Waals surface area contributed by atoms with Crippen molar-refractivity contribution in [2.24, 2.45) is 0 Å². The highest BCUT2D eigenvalue weighted by Crippen LogP contribution is 2.26. The summed E-state index contributed by atoms with van der Waals surface area (Å²) < 4.78 is 5.46. The Morgan fingerprint density at radius 3 is 2.51 bits per heavy atom. The first-order chi connectivity index (χ1) is 17.2. The number of ether oxygens (including phenoxy) is 1. The molecule has 0 saturated carbocycles. The first kappa shape index (κ1) is 23.5. The Labute approximate surface area is 209 Å². The Morgan fingerprint density at radius 1 is 0.914 bits per heavy atom. The van der Waals surface area contributed by atoms with Gasteiger partial charge in [-0.3, -0.25) is 9.69 Å². The Balaban J connectivity index is 1.28. The smallest absolute Gasteiger partial charge is 0.234 e. The number of amides is 1. The molecule has 178 valence electrons. The van der Waals surface area contributed by atoms with Crippen molar-refractivity contribution >= 4 is 34.3 Å². The standard InChI is InChI=1S/C28H28N4O2S/c33-27(30-24-12-6-4-10-22(24)18-21-8-2-1-3-9-21)20-35-28-23-11-5-7-13-25(23)29-26(31-28)19-32-14-16-34-17-15-32/h1-13H,14-20H2,(H,30,33). The molecule has 1 amide bonds. The van der Waals surface area contributed by atoms with Gasteiger partial charge in [-0.2, -0.15) is 0 Å². The fourth-order valence-corrected chi connectivity index (χ4v) is 5.00. The average molecular weight is 485 g/mol. The molecule has 0 bridgehead atoms. The Morgan fingerprint density at radius 2 is 1.66 bits per heavy atom. The molecule has 1 aliphatic rings. The summed E-state index contributed by atoms with van der Waals surface area (Å²) >= 11 is 1.46. The highest BCUT2D eigenvalue weighted by Gasteiger charge is 2.16. The van der Waals surface area contributed by atoms with E-state index in [2.05, 4.69) is 28.4 Å². The van der Waals surface area contributed by atoms with Crippen molar-refractivity contribution in [2.45, 2.75) is 18.0 Å². The minimum Gasteiger partial charge on any atom is -0.379 e. The molecule has 1 N–H and O–H groups in total. The second kappa shape index (κ2) is 11.4. The minimum absolute atomic E-state index is 0.0482. The third-order valence-electron chi connectivity index (χ3n) is 5.95. The average Bonchev–Trinajstić information content (AvgIpc) is 2.90. The van der Waals surface area contributed by atoms with Gasteiger partial charge < -0.3 is 10.1 Å². The van der Waals surface area contributed by atoms with Crippen LogP contribution in [0, 0.1) is 0 Å². The van der Waals surface area contributed by atoms with Crippen molar-refractivity contribution in [2.75, 3.05) is 37.4 Å². The summed E-state index contributed by atoms with van der Waals surface area (Å²) in [5.41, 5.74) is 4.06. The normalized spacial score (nSPS) is 14.2. The summed E-state index contributed by atoms with van der Waals surface area (Å²) in [6, 6.07) is 26.2. The predicted molar refractivity (Wildman–Crippen MR) is 141 cm³/mol. The van der Waals surface area contributed by atoms with E-state index in [1.807, 2.05) is 60.7 Å². The largest absolute Gasteiger partial charge is 0.379 e. The minimum atomic E-state index is -0.0482. The summed E-state index contributed by atoms with van der Waals surface area (Å²) in [5, 5.41) is 4.92. The van der Waals surface area contributed by atoms with Gasteiger partial charge in [-0.15, -0.1) is 0 Å². The van der Waals surface area contributed by atoms with Crippen molar-refractivity contribution in [3.63, 3.8) is 0 Å². The highest BCUT2D eigenvalue weighted by atomic mass is 32.2. The molecule has 1 aromatic heterocycles. The SMILES string of the molecule is O=C(CSc1nc(CN2CCOCC2)nc2ccccc12)Nc1ccccc1Cc1ccccc1. The molecular formula is C28H28N4O2S. The fraction of sp³-hybridized carbons (Fsp3) is 0.250. The van der Waals surface area contributed by atoms with E-state index in [0.29, 0.717) is 6.54 Å². The number of carbonyl (C=O) groups excluding carboxylic acids is 1. The molecule has 7 heteroatoms. The van der Waals surface area contributed by atoms with Crippen molar-refractivity contribution in [1.29, 1.82) is 0 Å². The van der Waals surface area contributed by atoms with Crippen LogP contribution in [0.15, 0.2) is 83.9 Å². The van der Waals surface area contributed by atoms with Crippen LogP contribution < -0.4 is 5.32 Å². The Hall–Kier alpha value is -3.26. The number of anilines is 1. The van der Waals surface area contributed by atoms with E-state index in [9.17, 15) is 4.79 Å². The molecular weight excluding hydrogens is 456 g/mol. The molecule has 4 aromatic rings. The molecule has 0 atom stereocenters. The molecule has 0 unspecified atom stereocenters. The quantitative estimate of drug-likeness (QED) is 0.287. The molecule has 1 saturated heterocycles. The summed E-state index contributed by atoms with van der Waals surface area (Å²) in [7, 11) is 0. The number of nitrogens with one attached hydrogen (secondary N) is 1. The lowest BCUT2D eigenvalue weighted by Crippen LogP contribution is -2.36. The van der Waals surface area contributed by atoms with Crippen LogP contribution in [0.4, 0.5) is 5.69 Å². The Kier molecular flexibility index (Phi) is 7.68. The van der Waals surface area contributed by atoms with Gasteiger partial charge in [0.25, 0.3) is 0 Å². The number of rotatable bonds is 8. The van der Waals surface area contributed by atoms with Gasteiger partial charge in [0.15, 0.2) is 0 Å². The highest BCUT2D eigenvalue weighted by molar-refractivity contribution is 8.00. The monoisotopic (exact) mass is 484 g/mol. The van der Waals surface area contributed by atoms with Crippen LogP contribution in [0.5, 0.6) is 0 Å². The maximum atomic E-state index is 12.9. The number of fused-ring (bicyclic) bond motifs is 1. The maximum absolute atomic E-state index is 12.9. The van der Waals surface area contributed by atoms with Gasteiger partial charge in [-0.05, 0) is 29.7 Å². The second-order valence-electron chi connectivity index (χ2n) is 8.51. The molecule has 0 radical (unpaired) electrons. The lowest BCUT2D eigenvalue weighted by molar-refractivity contribution is -0.113. The third kappa shape index (κ3) is 6.25. The van der Waals surface area contributed by atoms with Gasteiger partial charge in [0, 0.05) is 24.2 Å².